The van der Waals surface area contributed by atoms with E-state index in [0.29, 0.717) is 0 Å². The number of rotatable bonds is 22. The molecule has 0 aromatic heterocycles. The summed E-state index contributed by atoms with van der Waals surface area (Å²) >= 11 is 0. The van der Waals surface area contributed by atoms with Gasteiger partial charge in [0.05, 0.1) is 19.3 Å². The molecule has 1 aliphatic rings. The van der Waals surface area contributed by atoms with Gasteiger partial charge in [-0.1, -0.05) is 117 Å². The molecular weight excluding hydrogens is 352 g/mol. The van der Waals surface area contributed by atoms with Gasteiger partial charge in [-0.2, -0.15) is 0 Å². The standard InChI is InChI=1S/C27H53N2/c1-3-5-7-9-11-13-15-17-19-21-24-29(26-23-28-27-29)25-22-20-18-16-14-12-10-8-6-4-2/h23,26-27H,3-22,24-25H2,1-2H3/q+1. The average Bonchev–Trinajstić information content (AvgIpc) is 3.20. The lowest BCUT2D eigenvalue weighted by Crippen LogP contribution is -2.41. The van der Waals surface area contributed by atoms with Crippen molar-refractivity contribution in [2.24, 2.45) is 4.99 Å². The lowest BCUT2D eigenvalue weighted by molar-refractivity contribution is -0.780. The van der Waals surface area contributed by atoms with Gasteiger partial charge in [-0.3, -0.25) is 4.48 Å². The van der Waals surface area contributed by atoms with E-state index in [1.165, 1.54) is 142 Å². The smallest absolute Gasteiger partial charge is 0.194 e. The van der Waals surface area contributed by atoms with Gasteiger partial charge >= 0.3 is 0 Å². The topological polar surface area (TPSA) is 12.4 Å². The lowest BCUT2D eigenvalue weighted by Gasteiger charge is -2.27. The van der Waals surface area contributed by atoms with Crippen LogP contribution in [0.25, 0.3) is 0 Å². The number of hydrogen-bond donors (Lipinski definition) is 0. The van der Waals surface area contributed by atoms with Crippen LogP contribution in [-0.4, -0.2) is 23.9 Å². The Hall–Kier alpha value is -0.630. The molecule has 0 saturated carbocycles. The molecule has 1 heterocycles. The first-order valence-electron chi connectivity index (χ1n) is 13.4. The maximum absolute atomic E-state index is 4.43. The predicted molar refractivity (Wildman–Crippen MR) is 131 cm³/mol. The second-order valence-corrected chi connectivity index (χ2v) is 9.48. The molecule has 0 unspecified atom stereocenters. The van der Waals surface area contributed by atoms with Gasteiger partial charge < -0.3 is 0 Å². The van der Waals surface area contributed by atoms with Crippen LogP contribution in [-0.2, 0) is 0 Å². The van der Waals surface area contributed by atoms with Crippen LogP contribution in [0.3, 0.4) is 0 Å². The summed E-state index contributed by atoms with van der Waals surface area (Å²) in [4.78, 5) is 4.43. The fourth-order valence-corrected chi connectivity index (χ4v) is 4.54. The second-order valence-electron chi connectivity index (χ2n) is 9.48. The van der Waals surface area contributed by atoms with E-state index in [-0.39, 0.29) is 0 Å². The van der Waals surface area contributed by atoms with Crippen LogP contribution in [0.2, 0.25) is 0 Å². The third kappa shape index (κ3) is 14.9. The summed E-state index contributed by atoms with van der Waals surface area (Å²) in [7, 11) is 0. The van der Waals surface area contributed by atoms with Crippen molar-refractivity contribution in [1.29, 1.82) is 0 Å². The Morgan fingerprint density at radius 3 is 1.14 bits per heavy atom. The fourth-order valence-electron chi connectivity index (χ4n) is 4.54. The summed E-state index contributed by atoms with van der Waals surface area (Å²) < 4.78 is 1.02. The van der Waals surface area contributed by atoms with Crippen LogP contribution in [0.15, 0.2) is 17.4 Å². The van der Waals surface area contributed by atoms with Gasteiger partial charge in [0, 0.05) is 0 Å². The highest BCUT2D eigenvalue weighted by Crippen LogP contribution is 2.18. The Kier molecular flexibility index (Phi) is 17.6. The normalized spacial score (nSPS) is 14.8. The predicted octanol–water partition coefficient (Wildman–Crippen LogP) is 9.16. The molecule has 2 heteroatoms. The zero-order valence-corrected chi connectivity index (χ0v) is 20.2. The van der Waals surface area contributed by atoms with Crippen molar-refractivity contribution in [1.82, 2.24) is 0 Å². The summed E-state index contributed by atoms with van der Waals surface area (Å²) in [6.07, 6.45) is 34.9. The van der Waals surface area contributed by atoms with Crippen molar-refractivity contribution in [3.8, 4) is 0 Å². The first-order chi connectivity index (χ1) is 14.3. The van der Waals surface area contributed by atoms with E-state index < -0.39 is 0 Å². The first kappa shape index (κ1) is 26.4. The van der Waals surface area contributed by atoms with Crippen LogP contribution in [0.4, 0.5) is 0 Å². The van der Waals surface area contributed by atoms with Crippen molar-refractivity contribution in [3.05, 3.63) is 12.4 Å². The monoisotopic (exact) mass is 405 g/mol. The van der Waals surface area contributed by atoms with E-state index in [2.05, 4.69) is 31.4 Å². The molecule has 0 saturated heterocycles. The summed E-state index contributed by atoms with van der Waals surface area (Å²) in [6, 6.07) is 0. The average molecular weight is 406 g/mol. The molecule has 29 heavy (non-hydrogen) atoms. The number of unbranched alkanes of at least 4 members (excludes halogenated alkanes) is 18. The maximum atomic E-state index is 4.43. The van der Waals surface area contributed by atoms with E-state index in [1.807, 2.05) is 6.20 Å². The molecule has 1 rings (SSSR count). The van der Waals surface area contributed by atoms with Gasteiger partial charge in [-0.15, -0.1) is 0 Å². The van der Waals surface area contributed by atoms with Crippen molar-refractivity contribution >= 4 is 6.34 Å². The molecule has 0 aromatic rings. The highest BCUT2D eigenvalue weighted by molar-refractivity contribution is 5.50. The molecule has 0 amide bonds. The number of hydrogen-bond acceptors (Lipinski definition) is 1. The van der Waals surface area contributed by atoms with Crippen LogP contribution >= 0.6 is 0 Å². The van der Waals surface area contributed by atoms with Gasteiger partial charge in [0.15, 0.2) is 6.34 Å². The second kappa shape index (κ2) is 19.3. The lowest BCUT2D eigenvalue weighted by atomic mass is 10.1. The minimum atomic E-state index is 1.02. The molecule has 0 aromatic carbocycles. The Labute approximate surface area is 183 Å². The minimum absolute atomic E-state index is 1.02. The third-order valence-corrected chi connectivity index (χ3v) is 6.60. The number of nitrogens with zero attached hydrogens (tertiary/aromatic N) is 2. The summed E-state index contributed by atoms with van der Waals surface area (Å²) in [6.45, 7) is 7.11. The molecular formula is C27H53N2+. The molecule has 0 spiro atoms. The summed E-state index contributed by atoms with van der Waals surface area (Å²) in [5.74, 6) is 0. The van der Waals surface area contributed by atoms with E-state index >= 15 is 0 Å². The Morgan fingerprint density at radius 1 is 0.483 bits per heavy atom. The first-order valence-corrected chi connectivity index (χ1v) is 13.4. The highest BCUT2D eigenvalue weighted by atomic mass is 15.4. The molecule has 0 fully saturated rings. The van der Waals surface area contributed by atoms with Crippen LogP contribution < -0.4 is 0 Å². The number of quaternary nitrogens is 1. The maximum Gasteiger partial charge on any atom is 0.194 e. The van der Waals surface area contributed by atoms with Crippen molar-refractivity contribution in [3.63, 3.8) is 0 Å². The molecule has 1 aliphatic heterocycles. The van der Waals surface area contributed by atoms with Gasteiger partial charge in [-0.25, -0.2) is 4.99 Å². The van der Waals surface area contributed by atoms with Gasteiger partial charge in [-0.05, 0) is 25.7 Å². The van der Waals surface area contributed by atoms with E-state index in [1.54, 1.807) is 0 Å². The fraction of sp³-hybridized carbons (Fsp3) is 0.889. The highest BCUT2D eigenvalue weighted by Gasteiger charge is 2.24. The zero-order chi connectivity index (χ0) is 20.9. The van der Waals surface area contributed by atoms with Crippen LogP contribution in [0.5, 0.6) is 0 Å². The van der Waals surface area contributed by atoms with E-state index in [4.69, 9.17) is 0 Å². The Morgan fingerprint density at radius 2 is 0.828 bits per heavy atom. The SMILES string of the molecule is CCCCCCCCCCCC[N+]1(CCCCCCCCCCCC)C=CN=C1. The molecule has 0 aliphatic carbocycles. The van der Waals surface area contributed by atoms with Crippen LogP contribution in [0, 0.1) is 0 Å². The van der Waals surface area contributed by atoms with Crippen molar-refractivity contribution < 1.29 is 4.48 Å². The van der Waals surface area contributed by atoms with Gasteiger partial charge in [0.1, 0.15) is 6.20 Å². The molecule has 0 bridgehead atoms. The zero-order valence-electron chi connectivity index (χ0n) is 20.2. The molecule has 0 N–H and O–H groups in total. The van der Waals surface area contributed by atoms with E-state index in [0.717, 1.165) is 4.48 Å². The summed E-state index contributed by atoms with van der Waals surface area (Å²) in [5.41, 5.74) is 0. The molecule has 0 atom stereocenters. The van der Waals surface area contributed by atoms with Gasteiger partial charge in [0.2, 0.25) is 0 Å². The Bertz CT molecular complexity index is 361. The van der Waals surface area contributed by atoms with Crippen molar-refractivity contribution in [2.45, 2.75) is 142 Å². The molecule has 0 radical (unpaired) electrons. The minimum Gasteiger partial charge on any atom is -0.254 e. The molecule has 170 valence electrons. The third-order valence-electron chi connectivity index (χ3n) is 6.60. The van der Waals surface area contributed by atoms with Gasteiger partial charge in [0.25, 0.3) is 0 Å². The van der Waals surface area contributed by atoms with E-state index in [9.17, 15) is 0 Å². The Balaban J connectivity index is 1.97. The van der Waals surface area contributed by atoms with Crippen LogP contribution in [0.1, 0.15) is 142 Å². The molecule has 2 nitrogen and oxygen atoms in total. The quantitative estimate of drug-likeness (QED) is 0.126. The summed E-state index contributed by atoms with van der Waals surface area (Å²) in [5, 5.41) is 0. The van der Waals surface area contributed by atoms with Crippen molar-refractivity contribution in [2.75, 3.05) is 13.1 Å². The number of aliphatic imine (C=N–C) groups is 1. The largest absolute Gasteiger partial charge is 0.254 e.